The van der Waals surface area contributed by atoms with Crippen molar-refractivity contribution >= 4 is 28.6 Å². The Bertz CT molecular complexity index is 2360. The van der Waals surface area contributed by atoms with E-state index in [2.05, 4.69) is 47.4 Å². The van der Waals surface area contributed by atoms with Crippen molar-refractivity contribution in [3.63, 3.8) is 0 Å². The first kappa shape index (κ1) is 38.6. The number of phenols is 1. The molecule has 11 rings (SSSR count). The van der Waals surface area contributed by atoms with Crippen molar-refractivity contribution in [2.24, 2.45) is 11.3 Å². The molecule has 2 bridgehead atoms. The van der Waals surface area contributed by atoms with Crippen molar-refractivity contribution in [3.05, 3.63) is 66.3 Å². The van der Waals surface area contributed by atoms with Crippen LogP contribution in [0.1, 0.15) is 94.8 Å². The molecular formula is C46H56N10O5. The summed E-state index contributed by atoms with van der Waals surface area (Å²) in [5.74, 6) is 2.15. The number of aliphatic hydroxyl groups excluding tert-OH is 1. The van der Waals surface area contributed by atoms with Gasteiger partial charge in [0.25, 0.3) is 5.88 Å². The van der Waals surface area contributed by atoms with Crippen molar-refractivity contribution in [2.75, 3.05) is 49.1 Å². The molecule has 3 N–H and O–H groups in total. The van der Waals surface area contributed by atoms with Gasteiger partial charge < -0.3 is 44.1 Å². The summed E-state index contributed by atoms with van der Waals surface area (Å²) in [7, 11) is 0. The van der Waals surface area contributed by atoms with Gasteiger partial charge in [-0.3, -0.25) is 4.79 Å². The van der Waals surface area contributed by atoms with Crippen LogP contribution < -0.4 is 14.5 Å². The number of phenolic OH excluding ortho intramolecular Hbond substituents is 1. The van der Waals surface area contributed by atoms with E-state index in [9.17, 15) is 15.0 Å². The summed E-state index contributed by atoms with van der Waals surface area (Å²) in [5.41, 5.74) is 4.83. The summed E-state index contributed by atoms with van der Waals surface area (Å²) in [5, 5.41) is 34.4. The first-order chi connectivity index (χ1) is 29.7. The molecule has 1 aromatic carbocycles. The molecule has 6 fully saturated rings. The number of aliphatic hydroxyl groups is 1. The van der Waals surface area contributed by atoms with E-state index in [1.807, 2.05) is 44.3 Å². The minimum absolute atomic E-state index is 0.0111. The Kier molecular flexibility index (Phi) is 9.66. The van der Waals surface area contributed by atoms with E-state index in [1.54, 1.807) is 17.0 Å². The number of rotatable bonds is 10. The molecule has 1 spiro atoms. The molecule has 15 nitrogen and oxygen atoms in total. The first-order valence-electron chi connectivity index (χ1n) is 22.5. The number of β-amino-alcohol motifs (C(OH)–C–C–N with tert-alkyl or cyclic N) is 1. The van der Waals surface area contributed by atoms with Crippen LogP contribution in [0.4, 0.5) is 11.6 Å². The fourth-order valence-corrected chi connectivity index (χ4v) is 11.7. The number of hydrogen-bond donors (Lipinski definition) is 3. The number of ether oxygens (including phenoxy) is 1. The number of aromatic hydroxyl groups is 1. The average Bonchev–Trinajstić information content (AvgIpc) is 4.04. The lowest BCUT2D eigenvalue weighted by Crippen LogP contribution is -2.59. The third-order valence-electron chi connectivity index (χ3n) is 15.0. The van der Waals surface area contributed by atoms with Crippen LogP contribution in [0.5, 0.6) is 11.6 Å². The number of carbonyl (C=O) groups excluding carboxylic acids is 1. The molecule has 4 atom stereocenters. The van der Waals surface area contributed by atoms with Gasteiger partial charge in [0.2, 0.25) is 11.9 Å². The van der Waals surface area contributed by atoms with Crippen LogP contribution in [-0.4, -0.2) is 126 Å². The monoisotopic (exact) mass is 828 g/mol. The maximum Gasteiger partial charge on any atom is 0.254 e. The number of amides is 1. The molecule has 2 saturated carbocycles. The predicted molar refractivity (Wildman–Crippen MR) is 228 cm³/mol. The van der Waals surface area contributed by atoms with Crippen molar-refractivity contribution in [2.45, 2.75) is 114 Å². The smallest absolute Gasteiger partial charge is 0.254 e. The number of aromatic nitrogens is 6. The minimum Gasteiger partial charge on any atom is -0.507 e. The summed E-state index contributed by atoms with van der Waals surface area (Å²) in [6.07, 6.45) is 15.6. The van der Waals surface area contributed by atoms with Gasteiger partial charge in [0.1, 0.15) is 17.8 Å². The normalized spacial score (nSPS) is 28.5. The Morgan fingerprint density at radius 2 is 1.67 bits per heavy atom. The largest absolute Gasteiger partial charge is 0.507 e. The summed E-state index contributed by atoms with van der Waals surface area (Å²) in [4.78, 5) is 36.0. The van der Waals surface area contributed by atoms with E-state index >= 15 is 0 Å². The molecule has 15 heteroatoms. The van der Waals surface area contributed by atoms with Gasteiger partial charge in [-0.2, -0.15) is 0 Å². The minimum atomic E-state index is -0.450. The van der Waals surface area contributed by atoms with Gasteiger partial charge in [-0.05, 0) is 117 Å². The summed E-state index contributed by atoms with van der Waals surface area (Å²) in [6, 6.07) is 12.4. The number of carbonyl (C=O) groups is 1. The fourth-order valence-electron chi connectivity index (χ4n) is 11.7. The van der Waals surface area contributed by atoms with Crippen molar-refractivity contribution in [1.82, 2.24) is 40.1 Å². The fraction of sp³-hybridized carbons (Fsp3) is 0.565. The van der Waals surface area contributed by atoms with Gasteiger partial charge in [-0.1, -0.05) is 26.0 Å². The van der Waals surface area contributed by atoms with E-state index in [4.69, 9.17) is 19.2 Å². The number of fused-ring (bicyclic) bond motifs is 3. The average molecular weight is 829 g/mol. The quantitative estimate of drug-likeness (QED) is 0.153. The number of anilines is 2. The van der Waals surface area contributed by atoms with Crippen LogP contribution >= 0.6 is 0 Å². The molecule has 2 unspecified atom stereocenters. The summed E-state index contributed by atoms with van der Waals surface area (Å²) in [6.45, 7) is 8.98. The maximum absolute atomic E-state index is 13.3. The summed E-state index contributed by atoms with van der Waals surface area (Å²) < 4.78 is 11.9. The molecule has 6 aliphatic rings. The number of benzene rings is 1. The molecular weight excluding hydrogens is 773 g/mol. The Hall–Kier alpha value is -5.28. The lowest BCUT2D eigenvalue weighted by molar-refractivity contribution is -0.133. The predicted octanol–water partition coefficient (Wildman–Crippen LogP) is 5.87. The Labute approximate surface area is 355 Å². The van der Waals surface area contributed by atoms with Crippen LogP contribution in [-0.2, 0) is 4.79 Å². The third kappa shape index (κ3) is 7.07. The van der Waals surface area contributed by atoms with Gasteiger partial charge >= 0.3 is 0 Å². The second-order valence-corrected chi connectivity index (χ2v) is 19.2. The van der Waals surface area contributed by atoms with Crippen molar-refractivity contribution in [3.8, 4) is 22.9 Å². The highest BCUT2D eigenvalue weighted by atomic mass is 16.5. The van der Waals surface area contributed by atoms with Crippen LogP contribution in [0, 0.1) is 11.3 Å². The highest BCUT2D eigenvalue weighted by Gasteiger charge is 2.55. The van der Waals surface area contributed by atoms with Gasteiger partial charge in [0.05, 0.1) is 17.5 Å². The lowest BCUT2D eigenvalue weighted by atomic mass is 9.52. The second kappa shape index (κ2) is 15.3. The van der Waals surface area contributed by atoms with Crippen molar-refractivity contribution in [1.29, 1.82) is 0 Å². The number of H-pyrrole nitrogens is 1. The topological polar surface area (TPSA) is 173 Å². The molecule has 320 valence electrons. The standard InChI is InChI=1S/C46H56N10O5/c1-27(2)42(44(59)54-14-11-33(57)26-54)40-16-41(52-61-40)60-34-19-46(20-34)17-32(18-46)53-12-9-28(10-13-53)29-21-48-45(49-22-29)56-30-7-8-31(56)25-55(24-30)38-23-47-43-36(38)15-37(50-51-43)35-5-3-4-6-39(35)58/h3-6,15-16,21-23,27-28,30-34,42,57-58H,7-14,17-20,24-26H2,1-2H3,(H,47,51)/t30?,31?,32-,33-,34-,42-,46?/m1/s1. The second-order valence-electron chi connectivity index (χ2n) is 19.2. The van der Waals surface area contributed by atoms with Gasteiger partial charge in [0.15, 0.2) is 11.4 Å². The SMILES string of the molecule is CC(C)[C@@H](C(=O)N1CC[C@@H](O)C1)c1cc(O[C@H]2CC3(C2)C[C@H](N2CCC(c4cnc(N5C6CCC5CN(c5c[nH]c7nnc(-c8ccccc8O)cc57)C6)nc4)CC2)C3)no1. The maximum atomic E-state index is 13.3. The Morgan fingerprint density at radius 3 is 2.38 bits per heavy atom. The number of likely N-dealkylation sites (tertiary alicyclic amines) is 2. The van der Waals surface area contributed by atoms with E-state index in [1.165, 1.54) is 18.4 Å². The molecule has 0 radical (unpaired) electrons. The third-order valence-corrected chi connectivity index (χ3v) is 15.0. The van der Waals surface area contributed by atoms with Gasteiger partial charge in [0, 0.05) is 79.9 Å². The van der Waals surface area contributed by atoms with E-state index in [-0.39, 0.29) is 23.7 Å². The van der Waals surface area contributed by atoms with E-state index in [0.29, 0.717) is 71.9 Å². The van der Waals surface area contributed by atoms with E-state index < -0.39 is 12.0 Å². The van der Waals surface area contributed by atoms with Crippen molar-refractivity contribution < 1.29 is 24.3 Å². The zero-order valence-corrected chi connectivity index (χ0v) is 35.1. The number of aromatic amines is 1. The zero-order valence-electron chi connectivity index (χ0n) is 35.1. The number of nitrogens with zero attached hydrogens (tertiary/aromatic N) is 9. The van der Waals surface area contributed by atoms with Crippen LogP contribution in [0.15, 0.2) is 59.5 Å². The number of para-hydroxylation sites is 1. The van der Waals surface area contributed by atoms with Gasteiger partial charge in [-0.15, -0.1) is 10.2 Å². The molecule has 8 heterocycles. The molecule has 1 amide bonds. The Balaban J connectivity index is 0.649. The highest BCUT2D eigenvalue weighted by Crippen LogP contribution is 2.58. The van der Waals surface area contributed by atoms with E-state index in [0.717, 1.165) is 87.4 Å². The van der Waals surface area contributed by atoms with Crippen LogP contribution in [0.25, 0.3) is 22.3 Å². The zero-order chi connectivity index (χ0) is 41.4. The van der Waals surface area contributed by atoms with Crippen LogP contribution in [0.3, 0.4) is 0 Å². The molecule has 5 aromatic rings. The highest BCUT2D eigenvalue weighted by molar-refractivity contribution is 5.93. The number of nitrogens with one attached hydrogen (secondary N) is 1. The number of hydrogen-bond acceptors (Lipinski definition) is 13. The summed E-state index contributed by atoms with van der Waals surface area (Å²) >= 11 is 0. The lowest BCUT2D eigenvalue weighted by Gasteiger charge is -2.60. The van der Waals surface area contributed by atoms with Crippen LogP contribution in [0.2, 0.25) is 0 Å². The first-order valence-corrected chi connectivity index (χ1v) is 22.5. The molecule has 2 aliphatic carbocycles. The molecule has 61 heavy (non-hydrogen) atoms. The van der Waals surface area contributed by atoms with Gasteiger partial charge in [-0.25, -0.2) is 9.97 Å². The Morgan fingerprint density at radius 1 is 0.918 bits per heavy atom. The number of piperidine rings is 1. The molecule has 4 aromatic heterocycles. The molecule has 4 aliphatic heterocycles. The number of piperazine rings is 1. The molecule has 4 saturated heterocycles.